The maximum atomic E-state index is 11.8. The van der Waals surface area contributed by atoms with E-state index in [9.17, 15) is 5.11 Å². The predicted molar refractivity (Wildman–Crippen MR) is 109 cm³/mol. The molecule has 2 aromatic rings. The Bertz CT molecular complexity index is 856. The zero-order valence-electron chi connectivity index (χ0n) is 16.1. The Morgan fingerprint density at radius 1 is 1.14 bits per heavy atom. The van der Waals surface area contributed by atoms with Gasteiger partial charge >= 0.3 is 0 Å². The molecule has 1 atom stereocenters. The molecule has 2 aliphatic rings. The second-order valence-corrected chi connectivity index (χ2v) is 7.65. The second-order valence-electron chi connectivity index (χ2n) is 7.22. The van der Waals surface area contributed by atoms with E-state index in [1.165, 1.54) is 12.3 Å². The van der Waals surface area contributed by atoms with Crippen molar-refractivity contribution in [2.75, 3.05) is 24.6 Å². The number of hydrogen-bond acceptors (Lipinski definition) is 3. The molecule has 6 heteroatoms. The van der Waals surface area contributed by atoms with Gasteiger partial charge in [0.1, 0.15) is 11.4 Å². The number of benzene rings is 2. The van der Waals surface area contributed by atoms with Gasteiger partial charge in [0, 0.05) is 23.1 Å². The first kappa shape index (κ1) is 21.2. The molecule has 2 aliphatic heterocycles. The van der Waals surface area contributed by atoms with Gasteiger partial charge in [-0.1, -0.05) is 17.7 Å². The van der Waals surface area contributed by atoms with E-state index in [0.29, 0.717) is 18.2 Å². The molecule has 0 spiro atoms. The molecule has 150 valence electrons. The summed E-state index contributed by atoms with van der Waals surface area (Å²) in [5.41, 5.74) is 0.883. The third-order valence-electron chi connectivity index (χ3n) is 5.48. The Hall–Kier alpha value is -1.56. The summed E-state index contributed by atoms with van der Waals surface area (Å²) in [6.45, 7) is 3.96. The van der Waals surface area contributed by atoms with E-state index in [2.05, 4.69) is 15.5 Å². The molecule has 0 aromatic heterocycles. The molecule has 0 fully saturated rings. The topological polar surface area (TPSA) is 35.7 Å². The molecule has 1 N–H and O–H groups in total. The summed E-state index contributed by atoms with van der Waals surface area (Å²) in [6, 6.07) is 15.7. The Labute approximate surface area is 182 Å². The van der Waals surface area contributed by atoms with Crippen LogP contribution in [0.3, 0.4) is 0 Å². The molecule has 1 unspecified atom stereocenters. The van der Waals surface area contributed by atoms with Gasteiger partial charge < -0.3 is 26.8 Å². The van der Waals surface area contributed by atoms with Crippen molar-refractivity contribution in [3.05, 3.63) is 59.1 Å². The van der Waals surface area contributed by atoms with Crippen LogP contribution in [-0.2, 0) is 5.72 Å². The smallest absolute Gasteiger partial charge is 0.271 e. The van der Waals surface area contributed by atoms with Gasteiger partial charge in [-0.15, -0.1) is 0 Å². The monoisotopic (exact) mass is 464 g/mol. The standard InChI is InChI=1S/C22H26ClN2O2.BrH/c1-2-27-20-12-10-17(11-13-20)22(26)16-24(19-8-6-7-18(23)15-19)21-9-4-3-5-14-25(21)22;/h6-8,10-13,15,26H,2-5,9,14,16H2,1H3;1H/q+1;/p-1. The molecule has 4 nitrogen and oxygen atoms in total. The first-order valence-corrected chi connectivity index (χ1v) is 10.1. The molecule has 2 heterocycles. The van der Waals surface area contributed by atoms with Gasteiger partial charge in [0.15, 0.2) is 6.54 Å². The molecule has 0 aliphatic carbocycles. The van der Waals surface area contributed by atoms with Gasteiger partial charge in [-0.25, -0.2) is 9.48 Å². The molecule has 4 rings (SSSR count). The van der Waals surface area contributed by atoms with Crippen LogP contribution < -0.4 is 26.6 Å². The Morgan fingerprint density at radius 3 is 2.64 bits per heavy atom. The lowest BCUT2D eigenvalue weighted by Gasteiger charge is -2.23. The van der Waals surface area contributed by atoms with E-state index in [1.54, 1.807) is 0 Å². The van der Waals surface area contributed by atoms with Gasteiger partial charge in [0.25, 0.3) is 11.6 Å². The van der Waals surface area contributed by atoms with E-state index in [-0.39, 0.29) is 17.0 Å². The maximum Gasteiger partial charge on any atom is 0.271 e. The van der Waals surface area contributed by atoms with Crippen LogP contribution in [0.1, 0.15) is 38.2 Å². The number of halogens is 2. The maximum absolute atomic E-state index is 11.8. The quantitative estimate of drug-likeness (QED) is 0.693. The lowest BCUT2D eigenvalue weighted by Crippen LogP contribution is -3.00. The summed E-state index contributed by atoms with van der Waals surface area (Å²) in [6.07, 6.45) is 4.38. The summed E-state index contributed by atoms with van der Waals surface area (Å²) in [5.74, 6) is 2.01. The van der Waals surface area contributed by atoms with E-state index in [4.69, 9.17) is 16.3 Å². The van der Waals surface area contributed by atoms with E-state index < -0.39 is 5.72 Å². The van der Waals surface area contributed by atoms with E-state index in [0.717, 1.165) is 42.8 Å². The highest BCUT2D eigenvalue weighted by Crippen LogP contribution is 2.36. The summed E-state index contributed by atoms with van der Waals surface area (Å²) >= 11 is 6.24. The third kappa shape index (κ3) is 3.93. The van der Waals surface area contributed by atoms with E-state index >= 15 is 0 Å². The van der Waals surface area contributed by atoms with Crippen molar-refractivity contribution in [1.29, 1.82) is 0 Å². The molecule has 0 radical (unpaired) electrons. The number of rotatable bonds is 4. The van der Waals surface area contributed by atoms with Gasteiger partial charge in [0.05, 0.1) is 13.2 Å². The number of hydrogen-bond donors (Lipinski definition) is 1. The first-order chi connectivity index (χ1) is 13.1. The van der Waals surface area contributed by atoms with Crippen molar-refractivity contribution < 1.29 is 31.4 Å². The molecule has 0 amide bonds. The molecule has 2 aromatic carbocycles. The highest BCUT2D eigenvalue weighted by atomic mass is 79.9. The van der Waals surface area contributed by atoms with Crippen LogP contribution in [0.5, 0.6) is 5.75 Å². The lowest BCUT2D eigenvalue weighted by atomic mass is 10.0. The number of aliphatic hydroxyl groups is 1. The van der Waals surface area contributed by atoms with Crippen LogP contribution in [0, 0.1) is 0 Å². The lowest BCUT2D eigenvalue weighted by molar-refractivity contribution is -0.658. The molecular weight excluding hydrogens is 440 g/mol. The van der Waals surface area contributed by atoms with Gasteiger partial charge in [-0.3, -0.25) is 0 Å². The van der Waals surface area contributed by atoms with Crippen LogP contribution >= 0.6 is 11.6 Å². The highest BCUT2D eigenvalue weighted by Gasteiger charge is 2.51. The average molecular weight is 466 g/mol. The largest absolute Gasteiger partial charge is 1.00 e. The average Bonchev–Trinajstić information content (AvgIpc) is 2.83. The van der Waals surface area contributed by atoms with Gasteiger partial charge in [0.2, 0.25) is 0 Å². The molecule has 0 saturated carbocycles. The fourth-order valence-electron chi connectivity index (χ4n) is 4.19. The first-order valence-electron chi connectivity index (χ1n) is 9.74. The number of amidine groups is 1. The van der Waals surface area contributed by atoms with Gasteiger partial charge in [-0.2, -0.15) is 0 Å². The molecular formula is C22H26BrClN2O2. The minimum absolute atomic E-state index is 0. The zero-order valence-corrected chi connectivity index (χ0v) is 18.4. The predicted octanol–water partition coefficient (Wildman–Crippen LogP) is 1.39. The van der Waals surface area contributed by atoms with Crippen molar-refractivity contribution >= 4 is 23.1 Å². The Balaban J connectivity index is 0.00000225. The number of nitrogens with zero attached hydrogens (tertiary/aromatic N) is 2. The number of anilines is 1. The SMILES string of the molecule is CCOc1ccc(C2(O)CN(c3cccc(Cl)c3)C3=[N+]2CCCCC3)cc1.[Br-]. The van der Waals surface area contributed by atoms with Crippen molar-refractivity contribution in [2.45, 2.75) is 38.3 Å². The summed E-state index contributed by atoms with van der Waals surface area (Å²) in [5, 5.41) is 12.5. The molecule has 0 bridgehead atoms. The van der Waals surface area contributed by atoms with Crippen molar-refractivity contribution in [1.82, 2.24) is 0 Å². The van der Waals surface area contributed by atoms with Crippen LogP contribution in [0.25, 0.3) is 0 Å². The molecule has 0 saturated heterocycles. The highest BCUT2D eigenvalue weighted by molar-refractivity contribution is 6.30. The van der Waals surface area contributed by atoms with Gasteiger partial charge in [-0.05, 0) is 62.6 Å². The summed E-state index contributed by atoms with van der Waals surface area (Å²) in [7, 11) is 0. The van der Waals surface area contributed by atoms with Crippen molar-refractivity contribution in [2.24, 2.45) is 0 Å². The fraction of sp³-hybridized carbons (Fsp3) is 0.409. The minimum Gasteiger partial charge on any atom is -1.00 e. The van der Waals surface area contributed by atoms with Crippen LogP contribution in [-0.4, -0.2) is 35.2 Å². The molecule has 28 heavy (non-hydrogen) atoms. The summed E-state index contributed by atoms with van der Waals surface area (Å²) in [4.78, 5) is 2.23. The second kappa shape index (κ2) is 8.85. The van der Waals surface area contributed by atoms with Crippen LogP contribution in [0.4, 0.5) is 5.69 Å². The van der Waals surface area contributed by atoms with Crippen LogP contribution in [0.2, 0.25) is 5.02 Å². The normalized spacial score (nSPS) is 21.8. The third-order valence-corrected chi connectivity index (χ3v) is 5.71. The van der Waals surface area contributed by atoms with Crippen molar-refractivity contribution in [3.63, 3.8) is 0 Å². The number of ether oxygens (including phenoxy) is 1. The van der Waals surface area contributed by atoms with Crippen LogP contribution in [0.15, 0.2) is 48.5 Å². The van der Waals surface area contributed by atoms with Crippen molar-refractivity contribution in [3.8, 4) is 5.75 Å². The van der Waals surface area contributed by atoms with E-state index in [1.807, 2.05) is 49.4 Å². The zero-order chi connectivity index (χ0) is 18.9. The Morgan fingerprint density at radius 2 is 1.93 bits per heavy atom. The Kier molecular flexibility index (Phi) is 6.69. The summed E-state index contributed by atoms with van der Waals surface area (Å²) < 4.78 is 7.75. The fourth-order valence-corrected chi connectivity index (χ4v) is 4.37. The number of β-amino-alcohol motifs (C(OH)–C–C–N with tert-alkyl or cyclic N) is 1. The minimum atomic E-state index is -1.05.